The van der Waals surface area contributed by atoms with Gasteiger partial charge < -0.3 is 19.7 Å². The van der Waals surface area contributed by atoms with Crippen molar-refractivity contribution in [2.75, 3.05) is 38.2 Å². The summed E-state index contributed by atoms with van der Waals surface area (Å²) in [5, 5.41) is 3.08. The lowest BCUT2D eigenvalue weighted by Crippen LogP contribution is -2.48. The molecule has 0 unspecified atom stereocenters. The Labute approximate surface area is 190 Å². The largest absolute Gasteiger partial charge is 0.486 e. The van der Waals surface area contributed by atoms with Gasteiger partial charge in [-0.1, -0.05) is 30.4 Å². The number of amides is 2. The van der Waals surface area contributed by atoms with Crippen LogP contribution < -0.4 is 14.8 Å². The summed E-state index contributed by atoms with van der Waals surface area (Å²) in [5.41, 5.74) is 3.21. The number of rotatable bonds is 6. The summed E-state index contributed by atoms with van der Waals surface area (Å²) < 4.78 is 11.3. The van der Waals surface area contributed by atoms with Gasteiger partial charge in [0.2, 0.25) is 0 Å². The van der Waals surface area contributed by atoms with Crippen LogP contribution in [0.5, 0.6) is 11.5 Å². The van der Waals surface area contributed by atoms with Crippen LogP contribution in [0, 0.1) is 6.92 Å². The van der Waals surface area contributed by atoms with E-state index >= 15 is 0 Å². The van der Waals surface area contributed by atoms with Gasteiger partial charge in [-0.15, -0.1) is 0 Å². The first-order valence-electron chi connectivity index (χ1n) is 11.5. The molecule has 1 N–H and O–H groups in total. The molecule has 2 aromatic rings. The summed E-state index contributed by atoms with van der Waals surface area (Å²) in [4.78, 5) is 17.5. The van der Waals surface area contributed by atoms with Crippen molar-refractivity contribution in [3.05, 3.63) is 65.7 Å². The normalized spacial score (nSPS) is 16.8. The standard InChI is InChI=1S/C26H33N3O3/c1-3-4-12-29(26(30)27-22-7-5-6-20(2)17-22)23-10-13-28(14-11-23)19-21-8-9-24-25(18-21)32-16-15-31-24/h3-9,17-18,23H,10-16,19H2,1-2H3,(H,27,30)/b4-3+. The lowest BCUT2D eigenvalue weighted by Gasteiger charge is -2.38. The van der Waals surface area contributed by atoms with E-state index in [2.05, 4.69) is 28.4 Å². The smallest absolute Gasteiger partial charge is 0.322 e. The predicted octanol–water partition coefficient (Wildman–Crippen LogP) is 4.84. The van der Waals surface area contributed by atoms with E-state index in [0.29, 0.717) is 19.8 Å². The van der Waals surface area contributed by atoms with Crippen molar-refractivity contribution < 1.29 is 14.3 Å². The molecule has 0 aliphatic carbocycles. The Morgan fingerprint density at radius 2 is 1.91 bits per heavy atom. The molecule has 2 aromatic carbocycles. The fourth-order valence-corrected chi connectivity index (χ4v) is 4.37. The summed E-state index contributed by atoms with van der Waals surface area (Å²) in [5.74, 6) is 1.67. The molecule has 6 nitrogen and oxygen atoms in total. The third kappa shape index (κ3) is 5.62. The third-order valence-corrected chi connectivity index (χ3v) is 6.08. The number of allylic oxidation sites excluding steroid dienone is 1. The van der Waals surface area contributed by atoms with Gasteiger partial charge in [0.05, 0.1) is 0 Å². The number of nitrogens with zero attached hydrogens (tertiary/aromatic N) is 2. The molecule has 0 aromatic heterocycles. The molecular formula is C26H33N3O3. The first-order chi connectivity index (χ1) is 15.6. The van der Waals surface area contributed by atoms with E-state index in [4.69, 9.17) is 9.47 Å². The minimum atomic E-state index is -0.0287. The van der Waals surface area contributed by atoms with Crippen LogP contribution in [-0.4, -0.2) is 54.7 Å². The topological polar surface area (TPSA) is 54.0 Å². The van der Waals surface area contributed by atoms with Crippen LogP contribution in [0.3, 0.4) is 0 Å². The Morgan fingerprint density at radius 1 is 1.12 bits per heavy atom. The summed E-state index contributed by atoms with van der Waals surface area (Å²) in [6, 6.07) is 14.4. The van der Waals surface area contributed by atoms with Crippen LogP contribution in [0.1, 0.15) is 30.9 Å². The maximum Gasteiger partial charge on any atom is 0.322 e. The maximum absolute atomic E-state index is 13.1. The van der Waals surface area contributed by atoms with Crippen LogP contribution in [-0.2, 0) is 6.54 Å². The molecule has 2 amide bonds. The number of carbonyl (C=O) groups excluding carboxylic acids is 1. The summed E-state index contributed by atoms with van der Waals surface area (Å²) in [6.07, 6.45) is 5.98. The lowest BCUT2D eigenvalue weighted by atomic mass is 10.0. The zero-order valence-electron chi connectivity index (χ0n) is 19.0. The minimum absolute atomic E-state index is 0.0287. The first kappa shape index (κ1) is 22.2. The molecule has 6 heteroatoms. The van der Waals surface area contributed by atoms with E-state index in [1.807, 2.05) is 55.2 Å². The zero-order valence-corrected chi connectivity index (χ0v) is 19.0. The molecule has 0 atom stereocenters. The molecule has 0 saturated carbocycles. The van der Waals surface area contributed by atoms with E-state index in [1.54, 1.807) is 0 Å². The highest BCUT2D eigenvalue weighted by Gasteiger charge is 2.27. The van der Waals surface area contributed by atoms with Crippen molar-refractivity contribution in [2.24, 2.45) is 0 Å². The molecule has 0 bridgehead atoms. The molecule has 1 saturated heterocycles. The van der Waals surface area contributed by atoms with Crippen molar-refractivity contribution in [3.63, 3.8) is 0 Å². The van der Waals surface area contributed by atoms with Crippen molar-refractivity contribution in [2.45, 2.75) is 39.3 Å². The summed E-state index contributed by atoms with van der Waals surface area (Å²) >= 11 is 0. The number of fused-ring (bicyclic) bond motifs is 1. The Bertz CT molecular complexity index is 951. The van der Waals surface area contributed by atoms with Crippen molar-refractivity contribution in [1.82, 2.24) is 9.80 Å². The zero-order chi connectivity index (χ0) is 22.3. The molecule has 1 fully saturated rings. The van der Waals surface area contributed by atoms with E-state index in [1.165, 1.54) is 5.56 Å². The molecule has 4 rings (SSSR count). The van der Waals surface area contributed by atoms with Gasteiger partial charge in [-0.3, -0.25) is 4.90 Å². The maximum atomic E-state index is 13.1. The van der Waals surface area contributed by atoms with E-state index in [0.717, 1.165) is 55.2 Å². The number of likely N-dealkylation sites (tertiary alicyclic amines) is 1. The van der Waals surface area contributed by atoms with Gasteiger partial charge in [0.25, 0.3) is 0 Å². The molecule has 2 aliphatic rings. The third-order valence-electron chi connectivity index (χ3n) is 6.08. The highest BCUT2D eigenvalue weighted by atomic mass is 16.6. The van der Waals surface area contributed by atoms with Gasteiger partial charge in [-0.2, -0.15) is 0 Å². The molecule has 32 heavy (non-hydrogen) atoms. The molecule has 0 spiro atoms. The fourth-order valence-electron chi connectivity index (χ4n) is 4.37. The Kier molecular flexibility index (Phi) is 7.32. The Morgan fingerprint density at radius 3 is 2.66 bits per heavy atom. The van der Waals surface area contributed by atoms with Crippen LogP contribution >= 0.6 is 0 Å². The molecule has 0 radical (unpaired) electrons. The molecular weight excluding hydrogens is 402 g/mol. The lowest BCUT2D eigenvalue weighted by molar-refractivity contribution is 0.129. The number of anilines is 1. The number of piperidine rings is 1. The second kappa shape index (κ2) is 10.6. The second-order valence-corrected chi connectivity index (χ2v) is 8.51. The van der Waals surface area contributed by atoms with Crippen LogP contribution in [0.25, 0.3) is 0 Å². The van der Waals surface area contributed by atoms with E-state index in [-0.39, 0.29) is 12.1 Å². The first-order valence-corrected chi connectivity index (χ1v) is 11.5. The summed E-state index contributed by atoms with van der Waals surface area (Å²) in [6.45, 7) is 8.67. The number of benzene rings is 2. The average Bonchev–Trinajstić information content (AvgIpc) is 2.80. The summed E-state index contributed by atoms with van der Waals surface area (Å²) in [7, 11) is 0. The highest BCUT2D eigenvalue weighted by Crippen LogP contribution is 2.31. The molecule has 170 valence electrons. The van der Waals surface area contributed by atoms with Crippen LogP contribution in [0.4, 0.5) is 10.5 Å². The quantitative estimate of drug-likeness (QED) is 0.660. The molecule has 2 heterocycles. The number of carbonyl (C=O) groups is 1. The van der Waals surface area contributed by atoms with Gasteiger partial charge in [0.15, 0.2) is 11.5 Å². The minimum Gasteiger partial charge on any atom is -0.486 e. The number of nitrogens with one attached hydrogen (secondary N) is 1. The van der Waals surface area contributed by atoms with E-state index in [9.17, 15) is 4.79 Å². The number of aryl methyl sites for hydroxylation is 1. The Balaban J connectivity index is 1.35. The highest BCUT2D eigenvalue weighted by molar-refractivity contribution is 5.89. The second-order valence-electron chi connectivity index (χ2n) is 8.51. The number of ether oxygens (including phenoxy) is 2. The molecule has 2 aliphatic heterocycles. The van der Waals surface area contributed by atoms with Gasteiger partial charge in [0.1, 0.15) is 13.2 Å². The van der Waals surface area contributed by atoms with Crippen LogP contribution in [0.15, 0.2) is 54.6 Å². The predicted molar refractivity (Wildman–Crippen MR) is 127 cm³/mol. The number of hydrogen-bond donors (Lipinski definition) is 1. The van der Waals surface area contributed by atoms with Crippen molar-refractivity contribution in [1.29, 1.82) is 0 Å². The monoisotopic (exact) mass is 435 g/mol. The van der Waals surface area contributed by atoms with Gasteiger partial charge in [-0.05, 0) is 62.1 Å². The van der Waals surface area contributed by atoms with Gasteiger partial charge in [-0.25, -0.2) is 4.79 Å². The fraction of sp³-hybridized carbons (Fsp3) is 0.423. The van der Waals surface area contributed by atoms with Crippen molar-refractivity contribution in [3.8, 4) is 11.5 Å². The number of urea groups is 1. The van der Waals surface area contributed by atoms with E-state index < -0.39 is 0 Å². The van der Waals surface area contributed by atoms with Crippen LogP contribution in [0.2, 0.25) is 0 Å². The SMILES string of the molecule is C/C=C/CN(C(=O)Nc1cccc(C)c1)C1CCN(Cc2ccc3c(c2)OCCO3)CC1. The Hall–Kier alpha value is -2.99. The average molecular weight is 436 g/mol. The van der Waals surface area contributed by atoms with Gasteiger partial charge in [0, 0.05) is 37.9 Å². The van der Waals surface area contributed by atoms with Gasteiger partial charge >= 0.3 is 6.03 Å². The van der Waals surface area contributed by atoms with Crippen molar-refractivity contribution >= 4 is 11.7 Å². The number of hydrogen-bond acceptors (Lipinski definition) is 4.